The first kappa shape index (κ1) is 14.0. The molecule has 0 saturated heterocycles. The fraction of sp³-hybridized carbons (Fsp3) is 0.0667. The van der Waals surface area contributed by atoms with Crippen LogP contribution in [0.4, 0.5) is 4.39 Å². The standard InChI is InChI=1S/C15H10ClFN2OS/c16-9-5-6-10(11(17)7-9)15(20)18-8-14-19-12-3-1-2-4-13(12)21-14/h1-7H,8H2,(H,18,20). The Bertz CT molecular complexity index is 785. The van der Waals surface area contributed by atoms with E-state index in [4.69, 9.17) is 11.6 Å². The average molecular weight is 321 g/mol. The smallest absolute Gasteiger partial charge is 0.254 e. The summed E-state index contributed by atoms with van der Waals surface area (Å²) in [6, 6.07) is 11.7. The van der Waals surface area contributed by atoms with Gasteiger partial charge in [0.15, 0.2) is 0 Å². The van der Waals surface area contributed by atoms with Gasteiger partial charge < -0.3 is 5.32 Å². The van der Waals surface area contributed by atoms with Crippen LogP contribution in [0, 0.1) is 5.82 Å². The van der Waals surface area contributed by atoms with Gasteiger partial charge in [0.1, 0.15) is 10.8 Å². The number of para-hydroxylation sites is 1. The summed E-state index contributed by atoms with van der Waals surface area (Å²) in [6.45, 7) is 0.264. The van der Waals surface area contributed by atoms with Crippen molar-refractivity contribution < 1.29 is 9.18 Å². The molecule has 3 nitrogen and oxygen atoms in total. The number of hydrogen-bond acceptors (Lipinski definition) is 3. The number of thiazole rings is 1. The lowest BCUT2D eigenvalue weighted by Gasteiger charge is -2.04. The number of benzene rings is 2. The van der Waals surface area contributed by atoms with Gasteiger partial charge in [0.2, 0.25) is 0 Å². The summed E-state index contributed by atoms with van der Waals surface area (Å²) in [4.78, 5) is 16.4. The van der Waals surface area contributed by atoms with Crippen LogP contribution in [-0.2, 0) is 6.54 Å². The van der Waals surface area contributed by atoms with E-state index in [1.165, 1.54) is 23.5 Å². The summed E-state index contributed by atoms with van der Waals surface area (Å²) in [5.41, 5.74) is 0.866. The van der Waals surface area contributed by atoms with Gasteiger partial charge in [-0.15, -0.1) is 11.3 Å². The van der Waals surface area contributed by atoms with Gasteiger partial charge >= 0.3 is 0 Å². The van der Waals surface area contributed by atoms with E-state index in [2.05, 4.69) is 10.3 Å². The predicted molar refractivity (Wildman–Crippen MR) is 82.2 cm³/mol. The molecular formula is C15H10ClFN2OS. The topological polar surface area (TPSA) is 42.0 Å². The monoisotopic (exact) mass is 320 g/mol. The van der Waals surface area contributed by atoms with Crippen molar-refractivity contribution in [3.8, 4) is 0 Å². The Morgan fingerprint density at radius 1 is 1.29 bits per heavy atom. The third-order valence-electron chi connectivity index (χ3n) is 2.91. The van der Waals surface area contributed by atoms with Crippen molar-refractivity contribution in [2.75, 3.05) is 0 Å². The molecule has 0 aliphatic heterocycles. The van der Waals surface area contributed by atoms with Crippen LogP contribution in [0.5, 0.6) is 0 Å². The van der Waals surface area contributed by atoms with Crippen LogP contribution < -0.4 is 5.32 Å². The molecule has 1 amide bonds. The predicted octanol–water partition coefficient (Wildman–Crippen LogP) is 4.02. The Kier molecular flexibility index (Phi) is 3.86. The quantitative estimate of drug-likeness (QED) is 0.792. The highest BCUT2D eigenvalue weighted by atomic mass is 35.5. The lowest BCUT2D eigenvalue weighted by Crippen LogP contribution is -2.23. The Labute approximate surface area is 129 Å². The van der Waals surface area contributed by atoms with Crippen molar-refractivity contribution >= 4 is 39.1 Å². The van der Waals surface area contributed by atoms with E-state index in [-0.39, 0.29) is 17.1 Å². The number of nitrogens with zero attached hydrogens (tertiary/aromatic N) is 1. The van der Waals surface area contributed by atoms with Crippen LogP contribution in [0.2, 0.25) is 5.02 Å². The highest BCUT2D eigenvalue weighted by Gasteiger charge is 2.12. The molecule has 3 rings (SSSR count). The molecule has 1 heterocycles. The van der Waals surface area contributed by atoms with Crippen LogP contribution >= 0.6 is 22.9 Å². The van der Waals surface area contributed by atoms with E-state index in [9.17, 15) is 9.18 Å². The molecule has 0 spiro atoms. The van der Waals surface area contributed by atoms with E-state index >= 15 is 0 Å². The summed E-state index contributed by atoms with van der Waals surface area (Å²) in [7, 11) is 0. The molecule has 3 aromatic rings. The summed E-state index contributed by atoms with van der Waals surface area (Å²) in [5, 5.41) is 3.70. The van der Waals surface area contributed by atoms with Crippen molar-refractivity contribution in [2.45, 2.75) is 6.54 Å². The zero-order valence-corrected chi connectivity index (χ0v) is 12.3. The third kappa shape index (κ3) is 3.04. The normalized spacial score (nSPS) is 10.8. The number of aromatic nitrogens is 1. The first-order chi connectivity index (χ1) is 10.1. The van der Waals surface area contributed by atoms with Crippen molar-refractivity contribution in [2.24, 2.45) is 0 Å². The van der Waals surface area contributed by atoms with Gasteiger partial charge in [0, 0.05) is 5.02 Å². The minimum Gasteiger partial charge on any atom is -0.345 e. The molecule has 0 saturated carbocycles. The van der Waals surface area contributed by atoms with Crippen molar-refractivity contribution in [3.63, 3.8) is 0 Å². The molecule has 6 heteroatoms. The van der Waals surface area contributed by atoms with E-state index in [1.54, 1.807) is 0 Å². The van der Waals surface area contributed by atoms with Crippen LogP contribution in [0.1, 0.15) is 15.4 Å². The minimum absolute atomic E-state index is 0.0273. The number of nitrogens with one attached hydrogen (secondary N) is 1. The highest BCUT2D eigenvalue weighted by molar-refractivity contribution is 7.18. The second-order valence-electron chi connectivity index (χ2n) is 4.38. The van der Waals surface area contributed by atoms with E-state index in [0.29, 0.717) is 0 Å². The Hall–Kier alpha value is -1.98. The molecule has 0 aliphatic carbocycles. The maximum Gasteiger partial charge on any atom is 0.254 e. The lowest BCUT2D eigenvalue weighted by molar-refractivity contribution is 0.0947. The number of carbonyl (C=O) groups excluding carboxylic acids is 1. The maximum absolute atomic E-state index is 13.6. The molecule has 0 bridgehead atoms. The average Bonchev–Trinajstić information content (AvgIpc) is 2.87. The van der Waals surface area contributed by atoms with Gasteiger partial charge in [-0.25, -0.2) is 9.37 Å². The number of rotatable bonds is 3. The largest absolute Gasteiger partial charge is 0.345 e. The van der Waals surface area contributed by atoms with E-state index < -0.39 is 11.7 Å². The number of hydrogen-bond donors (Lipinski definition) is 1. The number of carbonyl (C=O) groups is 1. The molecule has 0 aliphatic rings. The first-order valence-corrected chi connectivity index (χ1v) is 7.40. The molecule has 0 fully saturated rings. The van der Waals surface area contributed by atoms with Crippen molar-refractivity contribution in [1.29, 1.82) is 0 Å². The molecule has 1 N–H and O–H groups in total. The van der Waals surface area contributed by atoms with Crippen LogP contribution in [-0.4, -0.2) is 10.9 Å². The SMILES string of the molecule is O=C(NCc1nc2ccccc2s1)c1ccc(Cl)cc1F. The third-order valence-corrected chi connectivity index (χ3v) is 4.19. The number of amides is 1. The van der Waals surface area contributed by atoms with Crippen LogP contribution in [0.3, 0.4) is 0 Å². The number of halogens is 2. The molecule has 106 valence electrons. The van der Waals surface area contributed by atoms with Gasteiger partial charge in [-0.1, -0.05) is 23.7 Å². The second kappa shape index (κ2) is 5.79. The molecule has 0 radical (unpaired) electrons. The first-order valence-electron chi connectivity index (χ1n) is 6.21. The summed E-state index contributed by atoms with van der Waals surface area (Å²) < 4.78 is 14.7. The van der Waals surface area contributed by atoms with E-state index in [1.807, 2.05) is 24.3 Å². The Balaban J connectivity index is 1.73. The fourth-order valence-electron chi connectivity index (χ4n) is 1.92. The maximum atomic E-state index is 13.6. The van der Waals surface area contributed by atoms with E-state index in [0.717, 1.165) is 21.3 Å². The summed E-state index contributed by atoms with van der Waals surface area (Å²) in [5.74, 6) is -1.12. The zero-order chi connectivity index (χ0) is 14.8. The van der Waals surface area contributed by atoms with Gasteiger partial charge in [-0.2, -0.15) is 0 Å². The molecule has 21 heavy (non-hydrogen) atoms. The van der Waals surface area contributed by atoms with Crippen LogP contribution in [0.25, 0.3) is 10.2 Å². The molecule has 1 aromatic heterocycles. The van der Waals surface area contributed by atoms with Crippen LogP contribution in [0.15, 0.2) is 42.5 Å². The van der Waals surface area contributed by atoms with Gasteiger partial charge in [0.05, 0.1) is 22.3 Å². The van der Waals surface area contributed by atoms with Gasteiger partial charge in [-0.05, 0) is 30.3 Å². The number of fused-ring (bicyclic) bond motifs is 1. The summed E-state index contributed by atoms with van der Waals surface area (Å²) in [6.07, 6.45) is 0. The highest BCUT2D eigenvalue weighted by Crippen LogP contribution is 2.21. The Morgan fingerprint density at radius 3 is 2.86 bits per heavy atom. The van der Waals surface area contributed by atoms with Crippen molar-refractivity contribution in [1.82, 2.24) is 10.3 Å². The molecule has 2 aromatic carbocycles. The fourth-order valence-corrected chi connectivity index (χ4v) is 2.99. The minimum atomic E-state index is -0.635. The van der Waals surface area contributed by atoms with Crippen molar-refractivity contribution in [3.05, 3.63) is 63.9 Å². The lowest BCUT2D eigenvalue weighted by atomic mass is 10.2. The Morgan fingerprint density at radius 2 is 2.10 bits per heavy atom. The molecule has 0 atom stereocenters. The summed E-state index contributed by atoms with van der Waals surface area (Å²) >= 11 is 7.16. The van der Waals surface area contributed by atoms with Gasteiger partial charge in [0.25, 0.3) is 5.91 Å². The molecular weight excluding hydrogens is 311 g/mol. The molecule has 0 unspecified atom stereocenters. The zero-order valence-electron chi connectivity index (χ0n) is 10.8. The van der Waals surface area contributed by atoms with Gasteiger partial charge in [-0.3, -0.25) is 4.79 Å². The second-order valence-corrected chi connectivity index (χ2v) is 5.93.